The van der Waals surface area contributed by atoms with Crippen LogP contribution in [0.4, 0.5) is 11.4 Å². The number of nitrogens with zero attached hydrogens (tertiary/aromatic N) is 1. The first-order valence-electron chi connectivity index (χ1n) is 7.62. The standard InChI is InChI=1S/C21H15N/c1-22-19-11-5-8-15-7-4-10-17(20(15)19)18-13-12-14-6-2-3-9-16(14)21(18)22/h2-13H,1H3. The lowest BCUT2D eigenvalue weighted by Crippen LogP contribution is -2.15. The molecule has 1 aliphatic heterocycles. The summed E-state index contributed by atoms with van der Waals surface area (Å²) in [5.41, 5.74) is 5.26. The molecule has 0 aromatic heterocycles. The van der Waals surface area contributed by atoms with E-state index in [-0.39, 0.29) is 0 Å². The van der Waals surface area contributed by atoms with Crippen molar-refractivity contribution in [3.05, 3.63) is 72.8 Å². The lowest BCUT2D eigenvalue weighted by molar-refractivity contribution is 1.23. The third-order valence-corrected chi connectivity index (χ3v) is 4.77. The van der Waals surface area contributed by atoms with Crippen molar-refractivity contribution >= 4 is 32.9 Å². The Hall–Kier alpha value is -2.80. The number of benzene rings is 4. The summed E-state index contributed by atoms with van der Waals surface area (Å²) in [5.74, 6) is 0. The van der Waals surface area contributed by atoms with Crippen molar-refractivity contribution in [2.45, 2.75) is 0 Å². The Morgan fingerprint density at radius 3 is 2.32 bits per heavy atom. The maximum Gasteiger partial charge on any atom is 0.0567 e. The van der Waals surface area contributed by atoms with Crippen molar-refractivity contribution in [1.29, 1.82) is 0 Å². The Bertz CT molecular complexity index is 1040. The lowest BCUT2D eigenvalue weighted by Gasteiger charge is -2.31. The summed E-state index contributed by atoms with van der Waals surface area (Å²) in [6, 6.07) is 26.3. The van der Waals surface area contributed by atoms with E-state index >= 15 is 0 Å². The zero-order valence-corrected chi connectivity index (χ0v) is 12.4. The highest BCUT2D eigenvalue weighted by atomic mass is 15.1. The third kappa shape index (κ3) is 1.38. The molecule has 0 saturated heterocycles. The van der Waals surface area contributed by atoms with Gasteiger partial charge < -0.3 is 4.90 Å². The van der Waals surface area contributed by atoms with E-state index in [1.807, 2.05) is 0 Å². The molecule has 22 heavy (non-hydrogen) atoms. The molecule has 0 N–H and O–H groups in total. The summed E-state index contributed by atoms with van der Waals surface area (Å²) in [6.07, 6.45) is 0. The van der Waals surface area contributed by atoms with Gasteiger partial charge in [-0.3, -0.25) is 0 Å². The van der Waals surface area contributed by atoms with Crippen LogP contribution in [0.25, 0.3) is 32.7 Å². The van der Waals surface area contributed by atoms with Crippen LogP contribution in [-0.4, -0.2) is 7.05 Å². The van der Waals surface area contributed by atoms with E-state index in [1.165, 1.54) is 44.0 Å². The smallest absolute Gasteiger partial charge is 0.0567 e. The Morgan fingerprint density at radius 2 is 1.41 bits per heavy atom. The molecule has 4 aromatic carbocycles. The highest BCUT2D eigenvalue weighted by Crippen LogP contribution is 2.49. The largest absolute Gasteiger partial charge is 0.343 e. The molecular formula is C21H15N. The SMILES string of the molecule is CN1c2c(ccc3ccccc23)-c2cccc3cccc1c23. The summed E-state index contributed by atoms with van der Waals surface area (Å²) < 4.78 is 0. The topological polar surface area (TPSA) is 3.24 Å². The second-order valence-corrected chi connectivity index (χ2v) is 5.92. The van der Waals surface area contributed by atoms with Gasteiger partial charge in [-0.1, -0.05) is 66.7 Å². The Labute approximate surface area is 129 Å². The first-order valence-corrected chi connectivity index (χ1v) is 7.62. The molecule has 1 aliphatic rings. The fraction of sp³-hybridized carbons (Fsp3) is 0.0476. The van der Waals surface area contributed by atoms with Gasteiger partial charge in [-0.05, 0) is 22.4 Å². The quantitative estimate of drug-likeness (QED) is 0.397. The molecule has 0 radical (unpaired) electrons. The Balaban J connectivity index is 2.02. The average molecular weight is 281 g/mol. The summed E-state index contributed by atoms with van der Waals surface area (Å²) in [7, 11) is 2.18. The molecule has 0 unspecified atom stereocenters. The lowest BCUT2D eigenvalue weighted by atomic mass is 9.89. The van der Waals surface area contributed by atoms with Gasteiger partial charge in [-0.15, -0.1) is 0 Å². The first kappa shape index (κ1) is 11.8. The van der Waals surface area contributed by atoms with Crippen LogP contribution in [0.2, 0.25) is 0 Å². The van der Waals surface area contributed by atoms with Gasteiger partial charge in [-0.2, -0.15) is 0 Å². The highest BCUT2D eigenvalue weighted by Gasteiger charge is 2.23. The summed E-state index contributed by atoms with van der Waals surface area (Å²) in [6.45, 7) is 0. The normalized spacial score (nSPS) is 12.7. The van der Waals surface area contributed by atoms with Gasteiger partial charge in [0, 0.05) is 29.1 Å². The molecular weight excluding hydrogens is 266 g/mol. The van der Waals surface area contributed by atoms with E-state index in [0.717, 1.165) is 0 Å². The van der Waals surface area contributed by atoms with Gasteiger partial charge in [0.1, 0.15) is 0 Å². The highest BCUT2D eigenvalue weighted by molar-refractivity contribution is 6.16. The minimum Gasteiger partial charge on any atom is -0.343 e. The van der Waals surface area contributed by atoms with E-state index < -0.39 is 0 Å². The van der Waals surface area contributed by atoms with Gasteiger partial charge in [0.25, 0.3) is 0 Å². The molecule has 0 amide bonds. The fourth-order valence-corrected chi connectivity index (χ4v) is 3.78. The van der Waals surface area contributed by atoms with Crippen molar-refractivity contribution < 1.29 is 0 Å². The summed E-state index contributed by atoms with van der Waals surface area (Å²) >= 11 is 0. The van der Waals surface area contributed by atoms with Gasteiger partial charge >= 0.3 is 0 Å². The van der Waals surface area contributed by atoms with E-state index in [2.05, 4.69) is 84.7 Å². The minimum absolute atomic E-state index is 1.29. The van der Waals surface area contributed by atoms with E-state index in [0.29, 0.717) is 0 Å². The molecule has 5 rings (SSSR count). The number of hydrogen-bond acceptors (Lipinski definition) is 1. The second-order valence-electron chi connectivity index (χ2n) is 5.92. The second kappa shape index (κ2) is 4.11. The number of fused-ring (bicyclic) bond motifs is 4. The van der Waals surface area contributed by atoms with E-state index in [4.69, 9.17) is 0 Å². The Kier molecular flexibility index (Phi) is 2.21. The molecule has 0 spiro atoms. The van der Waals surface area contributed by atoms with Crippen molar-refractivity contribution in [3.63, 3.8) is 0 Å². The molecule has 0 saturated carbocycles. The molecule has 0 atom stereocenters. The minimum atomic E-state index is 1.29. The molecule has 1 nitrogen and oxygen atoms in total. The maximum atomic E-state index is 2.34. The van der Waals surface area contributed by atoms with Crippen LogP contribution in [0.5, 0.6) is 0 Å². The average Bonchev–Trinajstić information content (AvgIpc) is 2.58. The van der Waals surface area contributed by atoms with Crippen LogP contribution >= 0.6 is 0 Å². The van der Waals surface area contributed by atoms with Crippen molar-refractivity contribution in [2.24, 2.45) is 0 Å². The van der Waals surface area contributed by atoms with Crippen molar-refractivity contribution in [2.75, 3.05) is 11.9 Å². The number of hydrogen-bond donors (Lipinski definition) is 0. The van der Waals surface area contributed by atoms with E-state index in [1.54, 1.807) is 0 Å². The van der Waals surface area contributed by atoms with Crippen molar-refractivity contribution in [1.82, 2.24) is 0 Å². The third-order valence-electron chi connectivity index (χ3n) is 4.77. The van der Waals surface area contributed by atoms with Crippen LogP contribution in [0.15, 0.2) is 72.8 Å². The maximum absolute atomic E-state index is 2.34. The van der Waals surface area contributed by atoms with Gasteiger partial charge in [-0.25, -0.2) is 0 Å². The molecule has 0 aliphatic carbocycles. The zero-order chi connectivity index (χ0) is 14.7. The van der Waals surface area contributed by atoms with Crippen molar-refractivity contribution in [3.8, 4) is 11.1 Å². The van der Waals surface area contributed by atoms with Crippen LogP contribution in [0.1, 0.15) is 0 Å². The number of rotatable bonds is 0. The molecule has 0 fully saturated rings. The molecule has 1 heteroatoms. The van der Waals surface area contributed by atoms with Crippen LogP contribution in [-0.2, 0) is 0 Å². The predicted octanol–water partition coefficient (Wildman–Crippen LogP) is 5.74. The zero-order valence-electron chi connectivity index (χ0n) is 12.4. The first-order chi connectivity index (χ1) is 10.8. The molecule has 0 bridgehead atoms. The molecule has 104 valence electrons. The molecule has 4 aromatic rings. The van der Waals surface area contributed by atoms with Crippen LogP contribution < -0.4 is 4.90 Å². The van der Waals surface area contributed by atoms with E-state index in [9.17, 15) is 0 Å². The number of anilines is 2. The molecule has 1 heterocycles. The van der Waals surface area contributed by atoms with Crippen LogP contribution in [0, 0.1) is 0 Å². The summed E-state index contributed by atoms with van der Waals surface area (Å²) in [4.78, 5) is 2.34. The predicted molar refractivity (Wildman–Crippen MR) is 95.0 cm³/mol. The van der Waals surface area contributed by atoms with Gasteiger partial charge in [0.05, 0.1) is 5.69 Å². The van der Waals surface area contributed by atoms with Crippen LogP contribution in [0.3, 0.4) is 0 Å². The Morgan fingerprint density at radius 1 is 0.636 bits per heavy atom. The fourth-order valence-electron chi connectivity index (χ4n) is 3.78. The van der Waals surface area contributed by atoms with Gasteiger partial charge in [0.15, 0.2) is 0 Å². The summed E-state index contributed by atoms with van der Waals surface area (Å²) in [5, 5.41) is 5.27. The monoisotopic (exact) mass is 281 g/mol. The van der Waals surface area contributed by atoms with Gasteiger partial charge in [0.2, 0.25) is 0 Å².